The molecule has 2 nitrogen and oxygen atoms in total. The van der Waals surface area contributed by atoms with Gasteiger partial charge in [-0.2, -0.15) is 0 Å². The van der Waals surface area contributed by atoms with Gasteiger partial charge in [-0.25, -0.2) is 0 Å². The molecule has 2 rings (SSSR count). The van der Waals surface area contributed by atoms with Gasteiger partial charge >= 0.3 is 0 Å². The van der Waals surface area contributed by atoms with Gasteiger partial charge in [0, 0.05) is 17.5 Å². The van der Waals surface area contributed by atoms with Crippen molar-refractivity contribution < 1.29 is 0 Å². The van der Waals surface area contributed by atoms with Crippen molar-refractivity contribution in [3.8, 4) is 0 Å². The zero-order chi connectivity index (χ0) is 9.64. The average molecular weight is 210 g/mol. The fourth-order valence-corrected chi connectivity index (χ4v) is 2.58. The van der Waals surface area contributed by atoms with Gasteiger partial charge in [0.15, 0.2) is 0 Å². The molecule has 0 amide bonds. The predicted octanol–water partition coefficient (Wildman–Crippen LogP) is 1.98. The Balaban J connectivity index is 1.55. The Morgan fingerprint density at radius 3 is 3.29 bits per heavy atom. The van der Waals surface area contributed by atoms with Gasteiger partial charge in [-0.05, 0) is 43.8 Å². The van der Waals surface area contributed by atoms with Crippen LogP contribution in [-0.2, 0) is 6.54 Å². The highest BCUT2D eigenvalue weighted by Crippen LogP contribution is 2.09. The minimum absolute atomic E-state index is 0.769. The summed E-state index contributed by atoms with van der Waals surface area (Å²) in [6, 6.07) is 5.07. The first-order chi connectivity index (χ1) is 6.95. The maximum absolute atomic E-state index is 3.51. The van der Waals surface area contributed by atoms with Crippen molar-refractivity contribution in [2.45, 2.75) is 31.8 Å². The average Bonchev–Trinajstić information content (AvgIpc) is 2.86. The summed E-state index contributed by atoms with van der Waals surface area (Å²) >= 11 is 1.83. The largest absolute Gasteiger partial charge is 0.314 e. The standard InChI is InChI=1S/C11H18N2S/c1-3-10(13-6-1)5-7-12-9-11-4-2-8-14-11/h2,4,8,10,12-13H,1,3,5-7,9H2. The summed E-state index contributed by atoms with van der Waals surface area (Å²) < 4.78 is 0. The molecule has 14 heavy (non-hydrogen) atoms. The maximum atomic E-state index is 3.51. The minimum atomic E-state index is 0.769. The van der Waals surface area contributed by atoms with Crippen molar-refractivity contribution >= 4 is 11.3 Å². The molecule has 1 saturated heterocycles. The second-order valence-electron chi connectivity index (χ2n) is 3.84. The van der Waals surface area contributed by atoms with Gasteiger partial charge in [0.05, 0.1) is 0 Å². The van der Waals surface area contributed by atoms with E-state index in [1.54, 1.807) is 0 Å². The third-order valence-electron chi connectivity index (χ3n) is 2.71. The third kappa shape index (κ3) is 3.08. The monoisotopic (exact) mass is 210 g/mol. The Hall–Kier alpha value is -0.380. The lowest BCUT2D eigenvalue weighted by Crippen LogP contribution is -2.26. The quantitative estimate of drug-likeness (QED) is 0.726. The van der Waals surface area contributed by atoms with Crippen LogP contribution in [0.15, 0.2) is 17.5 Å². The molecule has 1 aliphatic rings. The fourth-order valence-electron chi connectivity index (χ4n) is 1.90. The normalized spacial score (nSPS) is 21.6. The van der Waals surface area contributed by atoms with Gasteiger partial charge < -0.3 is 10.6 Å². The summed E-state index contributed by atoms with van der Waals surface area (Å²) in [6.07, 6.45) is 3.99. The molecule has 2 heterocycles. The Labute approximate surface area is 89.7 Å². The smallest absolute Gasteiger partial charge is 0.0299 e. The molecule has 1 atom stereocenters. The highest BCUT2D eigenvalue weighted by atomic mass is 32.1. The van der Waals surface area contributed by atoms with Crippen LogP contribution in [0.2, 0.25) is 0 Å². The number of rotatable bonds is 5. The highest BCUT2D eigenvalue weighted by Gasteiger charge is 2.12. The predicted molar refractivity (Wildman–Crippen MR) is 61.7 cm³/mol. The van der Waals surface area contributed by atoms with Crippen LogP contribution in [0.3, 0.4) is 0 Å². The molecule has 0 spiro atoms. The van der Waals surface area contributed by atoms with Crippen molar-refractivity contribution in [1.82, 2.24) is 10.6 Å². The molecule has 0 saturated carbocycles. The van der Waals surface area contributed by atoms with E-state index in [1.165, 1.54) is 30.7 Å². The number of hydrogen-bond acceptors (Lipinski definition) is 3. The van der Waals surface area contributed by atoms with Crippen LogP contribution in [-0.4, -0.2) is 19.1 Å². The van der Waals surface area contributed by atoms with Crippen molar-refractivity contribution in [2.75, 3.05) is 13.1 Å². The van der Waals surface area contributed by atoms with Gasteiger partial charge in [-0.15, -0.1) is 11.3 Å². The van der Waals surface area contributed by atoms with E-state index < -0.39 is 0 Å². The first kappa shape index (κ1) is 10.1. The van der Waals surface area contributed by atoms with Gasteiger partial charge in [0.1, 0.15) is 0 Å². The topological polar surface area (TPSA) is 24.1 Å². The van der Waals surface area contributed by atoms with Crippen LogP contribution in [0.1, 0.15) is 24.1 Å². The molecule has 1 aromatic heterocycles. The second-order valence-corrected chi connectivity index (χ2v) is 4.87. The molecular weight excluding hydrogens is 192 g/mol. The molecule has 78 valence electrons. The van der Waals surface area contributed by atoms with Crippen LogP contribution in [0.5, 0.6) is 0 Å². The molecule has 1 aromatic rings. The Kier molecular flexibility index (Phi) is 3.98. The van der Waals surface area contributed by atoms with E-state index in [0.717, 1.165) is 19.1 Å². The molecule has 0 radical (unpaired) electrons. The lowest BCUT2D eigenvalue weighted by Gasteiger charge is -2.09. The SMILES string of the molecule is c1csc(CNCCC2CCCN2)c1. The van der Waals surface area contributed by atoms with Crippen molar-refractivity contribution in [3.05, 3.63) is 22.4 Å². The maximum Gasteiger partial charge on any atom is 0.0299 e. The van der Waals surface area contributed by atoms with Gasteiger partial charge in [0.2, 0.25) is 0 Å². The molecule has 3 heteroatoms. The van der Waals surface area contributed by atoms with Gasteiger partial charge in [0.25, 0.3) is 0 Å². The number of hydrogen-bond donors (Lipinski definition) is 2. The van der Waals surface area contributed by atoms with E-state index in [-0.39, 0.29) is 0 Å². The first-order valence-electron chi connectivity index (χ1n) is 5.41. The van der Waals surface area contributed by atoms with Gasteiger partial charge in [-0.3, -0.25) is 0 Å². The molecule has 1 fully saturated rings. The summed E-state index contributed by atoms with van der Waals surface area (Å²) in [5, 5.41) is 9.13. The molecule has 0 bridgehead atoms. The third-order valence-corrected chi connectivity index (χ3v) is 3.59. The van der Waals surface area contributed by atoms with E-state index >= 15 is 0 Å². The van der Waals surface area contributed by atoms with E-state index in [9.17, 15) is 0 Å². The van der Waals surface area contributed by atoms with Crippen molar-refractivity contribution in [2.24, 2.45) is 0 Å². The lowest BCUT2D eigenvalue weighted by atomic mass is 10.1. The molecule has 1 aliphatic heterocycles. The number of nitrogens with one attached hydrogen (secondary N) is 2. The van der Waals surface area contributed by atoms with Gasteiger partial charge in [-0.1, -0.05) is 6.07 Å². The molecular formula is C11H18N2S. The van der Waals surface area contributed by atoms with Crippen LogP contribution in [0, 0.1) is 0 Å². The van der Waals surface area contributed by atoms with E-state index in [2.05, 4.69) is 28.1 Å². The Morgan fingerprint density at radius 1 is 1.57 bits per heavy atom. The fraction of sp³-hybridized carbons (Fsp3) is 0.636. The van der Waals surface area contributed by atoms with E-state index in [0.29, 0.717) is 0 Å². The Bertz CT molecular complexity index is 240. The van der Waals surface area contributed by atoms with E-state index in [4.69, 9.17) is 0 Å². The van der Waals surface area contributed by atoms with Crippen LogP contribution < -0.4 is 10.6 Å². The highest BCUT2D eigenvalue weighted by molar-refractivity contribution is 7.09. The summed E-state index contributed by atoms with van der Waals surface area (Å²) in [4.78, 5) is 1.43. The minimum Gasteiger partial charge on any atom is -0.314 e. The molecule has 0 aromatic carbocycles. The molecule has 0 aliphatic carbocycles. The number of thiophene rings is 1. The van der Waals surface area contributed by atoms with Crippen LogP contribution in [0.4, 0.5) is 0 Å². The first-order valence-corrected chi connectivity index (χ1v) is 6.29. The van der Waals surface area contributed by atoms with Crippen molar-refractivity contribution in [3.63, 3.8) is 0 Å². The zero-order valence-electron chi connectivity index (χ0n) is 8.46. The zero-order valence-corrected chi connectivity index (χ0v) is 9.28. The van der Waals surface area contributed by atoms with Crippen molar-refractivity contribution in [1.29, 1.82) is 0 Å². The summed E-state index contributed by atoms with van der Waals surface area (Å²) in [5.74, 6) is 0. The van der Waals surface area contributed by atoms with Crippen LogP contribution in [0.25, 0.3) is 0 Å². The Morgan fingerprint density at radius 2 is 2.57 bits per heavy atom. The summed E-state index contributed by atoms with van der Waals surface area (Å²) in [5.41, 5.74) is 0. The van der Waals surface area contributed by atoms with Crippen LogP contribution >= 0.6 is 11.3 Å². The lowest BCUT2D eigenvalue weighted by molar-refractivity contribution is 0.525. The summed E-state index contributed by atoms with van der Waals surface area (Å²) in [6.45, 7) is 3.38. The summed E-state index contributed by atoms with van der Waals surface area (Å²) in [7, 11) is 0. The second kappa shape index (κ2) is 5.49. The molecule has 2 N–H and O–H groups in total. The molecule has 1 unspecified atom stereocenters. The van der Waals surface area contributed by atoms with E-state index in [1.807, 2.05) is 11.3 Å².